The second kappa shape index (κ2) is 5.95. The van der Waals surface area contributed by atoms with E-state index in [4.69, 9.17) is 5.73 Å². The van der Waals surface area contributed by atoms with Gasteiger partial charge in [-0.05, 0) is 12.1 Å². The minimum absolute atomic E-state index is 0.105. The number of nitrogens with two attached hydrogens (primary N) is 1. The van der Waals surface area contributed by atoms with E-state index in [2.05, 4.69) is 14.9 Å². The highest BCUT2D eigenvalue weighted by atomic mass is 16.5. The van der Waals surface area contributed by atoms with Crippen LogP contribution in [0.2, 0.25) is 0 Å². The van der Waals surface area contributed by atoms with E-state index >= 15 is 0 Å². The largest absolute Gasteiger partial charge is 0.469 e. The molecule has 1 rings (SSSR count). The Hall–Kier alpha value is -2.18. The standard InChI is InChI=1S/C11H16N4O3/c1-7(11(17)18-3)6-15(2)9-5-4-8(10(12)16)13-14-9/h4-5,7H,6H2,1-3H3,(H2,12,16). The van der Waals surface area contributed by atoms with E-state index in [1.165, 1.54) is 13.2 Å². The van der Waals surface area contributed by atoms with Crippen molar-refractivity contribution >= 4 is 17.7 Å². The third-order valence-corrected chi connectivity index (χ3v) is 2.45. The number of carbonyl (C=O) groups is 2. The van der Waals surface area contributed by atoms with Crippen LogP contribution in [-0.4, -0.2) is 42.8 Å². The lowest BCUT2D eigenvalue weighted by atomic mass is 10.2. The number of nitrogens with zero attached hydrogens (tertiary/aromatic N) is 3. The Morgan fingerprint density at radius 2 is 2.11 bits per heavy atom. The van der Waals surface area contributed by atoms with E-state index < -0.39 is 5.91 Å². The summed E-state index contributed by atoms with van der Waals surface area (Å²) in [6, 6.07) is 3.11. The molecule has 0 aliphatic heterocycles. The van der Waals surface area contributed by atoms with Gasteiger partial charge in [0, 0.05) is 13.6 Å². The van der Waals surface area contributed by atoms with Crippen molar-refractivity contribution in [1.82, 2.24) is 10.2 Å². The summed E-state index contributed by atoms with van der Waals surface area (Å²) < 4.78 is 4.64. The molecule has 7 heteroatoms. The lowest BCUT2D eigenvalue weighted by molar-refractivity contribution is -0.144. The van der Waals surface area contributed by atoms with E-state index in [1.54, 1.807) is 24.9 Å². The number of hydrogen-bond donors (Lipinski definition) is 1. The molecule has 0 fully saturated rings. The van der Waals surface area contributed by atoms with Crippen molar-refractivity contribution in [3.8, 4) is 0 Å². The molecule has 7 nitrogen and oxygen atoms in total. The molecule has 0 saturated heterocycles. The fourth-order valence-corrected chi connectivity index (χ4v) is 1.44. The maximum absolute atomic E-state index is 11.3. The van der Waals surface area contributed by atoms with Gasteiger partial charge in [-0.2, -0.15) is 0 Å². The summed E-state index contributed by atoms with van der Waals surface area (Å²) >= 11 is 0. The number of primary amides is 1. The lowest BCUT2D eigenvalue weighted by Crippen LogP contribution is -2.30. The highest BCUT2D eigenvalue weighted by Gasteiger charge is 2.16. The maximum Gasteiger partial charge on any atom is 0.310 e. The highest BCUT2D eigenvalue weighted by Crippen LogP contribution is 2.10. The molecule has 0 radical (unpaired) electrons. The van der Waals surface area contributed by atoms with Crippen molar-refractivity contribution in [2.24, 2.45) is 11.7 Å². The third kappa shape index (κ3) is 3.41. The summed E-state index contributed by atoms with van der Waals surface area (Å²) in [7, 11) is 3.12. The van der Waals surface area contributed by atoms with Crippen LogP contribution in [-0.2, 0) is 9.53 Å². The van der Waals surface area contributed by atoms with Gasteiger partial charge in [0.2, 0.25) is 0 Å². The molecule has 0 aliphatic carbocycles. The second-order valence-electron chi connectivity index (χ2n) is 3.95. The third-order valence-electron chi connectivity index (χ3n) is 2.45. The van der Waals surface area contributed by atoms with Gasteiger partial charge >= 0.3 is 5.97 Å². The number of methoxy groups -OCH3 is 1. The summed E-state index contributed by atoms with van der Waals surface area (Å²) in [6.07, 6.45) is 0. The van der Waals surface area contributed by atoms with E-state index in [9.17, 15) is 9.59 Å². The zero-order valence-corrected chi connectivity index (χ0v) is 10.6. The molecular weight excluding hydrogens is 236 g/mol. The summed E-state index contributed by atoms with van der Waals surface area (Å²) in [6.45, 7) is 2.20. The quantitative estimate of drug-likeness (QED) is 0.730. The van der Waals surface area contributed by atoms with Crippen LogP contribution in [0.1, 0.15) is 17.4 Å². The van der Waals surface area contributed by atoms with E-state index in [0.717, 1.165) is 0 Å². The smallest absolute Gasteiger partial charge is 0.310 e. The molecule has 18 heavy (non-hydrogen) atoms. The molecule has 1 atom stereocenters. The van der Waals surface area contributed by atoms with Gasteiger partial charge in [0.15, 0.2) is 11.5 Å². The van der Waals surface area contributed by atoms with Crippen molar-refractivity contribution in [1.29, 1.82) is 0 Å². The molecule has 0 aliphatic rings. The van der Waals surface area contributed by atoms with Crippen molar-refractivity contribution in [3.05, 3.63) is 17.8 Å². The molecule has 1 heterocycles. The Labute approximate surface area is 105 Å². The predicted molar refractivity (Wildman–Crippen MR) is 65.0 cm³/mol. The summed E-state index contributed by atoms with van der Waals surface area (Å²) in [5.74, 6) is -0.642. The van der Waals surface area contributed by atoms with Gasteiger partial charge in [0.1, 0.15) is 0 Å². The topological polar surface area (TPSA) is 98.4 Å². The van der Waals surface area contributed by atoms with Crippen molar-refractivity contribution in [2.45, 2.75) is 6.92 Å². The first-order valence-corrected chi connectivity index (χ1v) is 5.38. The molecule has 1 aromatic rings. The first-order valence-electron chi connectivity index (χ1n) is 5.38. The van der Waals surface area contributed by atoms with Crippen LogP contribution < -0.4 is 10.6 Å². The Bertz CT molecular complexity index is 432. The maximum atomic E-state index is 11.3. The van der Waals surface area contributed by atoms with Gasteiger partial charge in [-0.3, -0.25) is 9.59 Å². The molecule has 0 bridgehead atoms. The summed E-state index contributed by atoms with van der Waals surface area (Å²) in [5, 5.41) is 7.55. The van der Waals surface area contributed by atoms with Crippen LogP contribution in [0.4, 0.5) is 5.82 Å². The number of ether oxygens (including phenoxy) is 1. The van der Waals surface area contributed by atoms with Crippen LogP contribution in [0, 0.1) is 5.92 Å². The van der Waals surface area contributed by atoms with Crippen LogP contribution in [0.5, 0.6) is 0 Å². The van der Waals surface area contributed by atoms with Gasteiger partial charge in [-0.25, -0.2) is 0 Å². The van der Waals surface area contributed by atoms with Crippen LogP contribution in [0.25, 0.3) is 0 Å². The van der Waals surface area contributed by atoms with Crippen molar-refractivity contribution in [3.63, 3.8) is 0 Å². The number of aromatic nitrogens is 2. The number of hydrogen-bond acceptors (Lipinski definition) is 6. The number of amides is 1. The molecule has 1 unspecified atom stereocenters. The Kier molecular flexibility index (Phi) is 4.59. The fourth-order valence-electron chi connectivity index (χ4n) is 1.44. The number of carbonyl (C=O) groups excluding carboxylic acids is 2. The average Bonchev–Trinajstić information content (AvgIpc) is 2.37. The van der Waals surface area contributed by atoms with Crippen molar-refractivity contribution in [2.75, 3.05) is 25.6 Å². The molecule has 98 valence electrons. The summed E-state index contributed by atoms with van der Waals surface area (Å²) in [4.78, 5) is 23.9. The van der Waals surface area contributed by atoms with Gasteiger partial charge in [0.05, 0.1) is 13.0 Å². The monoisotopic (exact) mass is 252 g/mol. The summed E-state index contributed by atoms with van der Waals surface area (Å²) in [5.41, 5.74) is 5.17. The Morgan fingerprint density at radius 3 is 2.56 bits per heavy atom. The Morgan fingerprint density at radius 1 is 1.44 bits per heavy atom. The number of esters is 1. The zero-order valence-electron chi connectivity index (χ0n) is 10.6. The van der Waals surface area contributed by atoms with Crippen LogP contribution >= 0.6 is 0 Å². The first-order chi connectivity index (χ1) is 8.45. The molecule has 1 aromatic heterocycles. The van der Waals surface area contributed by atoms with Crippen LogP contribution in [0.15, 0.2) is 12.1 Å². The van der Waals surface area contributed by atoms with Gasteiger partial charge < -0.3 is 15.4 Å². The SMILES string of the molecule is COC(=O)C(C)CN(C)c1ccc(C(N)=O)nn1. The molecule has 0 saturated carbocycles. The number of rotatable bonds is 5. The molecule has 0 aromatic carbocycles. The fraction of sp³-hybridized carbons (Fsp3) is 0.455. The molecule has 0 spiro atoms. The van der Waals surface area contributed by atoms with E-state index in [0.29, 0.717) is 12.4 Å². The molecular formula is C11H16N4O3. The minimum atomic E-state index is -0.625. The second-order valence-corrected chi connectivity index (χ2v) is 3.95. The van der Waals surface area contributed by atoms with Crippen molar-refractivity contribution < 1.29 is 14.3 Å². The zero-order chi connectivity index (χ0) is 13.7. The first kappa shape index (κ1) is 13.9. The lowest BCUT2D eigenvalue weighted by Gasteiger charge is -2.20. The van der Waals surface area contributed by atoms with Gasteiger partial charge in [0.25, 0.3) is 5.91 Å². The molecule has 1 amide bonds. The molecule has 2 N–H and O–H groups in total. The average molecular weight is 252 g/mol. The highest BCUT2D eigenvalue weighted by molar-refractivity contribution is 5.90. The van der Waals surface area contributed by atoms with Gasteiger partial charge in [-0.1, -0.05) is 6.92 Å². The Balaban J connectivity index is 2.69. The van der Waals surface area contributed by atoms with E-state index in [1.807, 2.05) is 0 Å². The predicted octanol–water partition coefficient (Wildman–Crippen LogP) is -0.179. The van der Waals surface area contributed by atoms with Gasteiger partial charge in [-0.15, -0.1) is 10.2 Å². The number of anilines is 1. The van der Waals surface area contributed by atoms with Crippen LogP contribution in [0.3, 0.4) is 0 Å². The normalized spacial score (nSPS) is 11.7. The minimum Gasteiger partial charge on any atom is -0.469 e. The van der Waals surface area contributed by atoms with E-state index in [-0.39, 0.29) is 17.6 Å².